The van der Waals surface area contributed by atoms with Gasteiger partial charge in [-0.15, -0.1) is 0 Å². The van der Waals surface area contributed by atoms with Crippen molar-refractivity contribution in [1.29, 1.82) is 0 Å². The van der Waals surface area contributed by atoms with E-state index in [4.69, 9.17) is 0 Å². The Bertz CT molecular complexity index is 577. The summed E-state index contributed by atoms with van der Waals surface area (Å²) in [5, 5.41) is 3.24. The van der Waals surface area contributed by atoms with Crippen LogP contribution in [-0.2, 0) is 10.0 Å². The van der Waals surface area contributed by atoms with E-state index in [0.717, 1.165) is 13.0 Å². The van der Waals surface area contributed by atoms with Gasteiger partial charge in [-0.25, -0.2) is 12.8 Å². The summed E-state index contributed by atoms with van der Waals surface area (Å²) >= 11 is 3.06. The van der Waals surface area contributed by atoms with Gasteiger partial charge in [-0.1, -0.05) is 13.8 Å². The third-order valence-corrected chi connectivity index (χ3v) is 4.89. The molecule has 0 atom stereocenters. The number of halogens is 2. The minimum Gasteiger partial charge on any atom is -0.315 e. The lowest BCUT2D eigenvalue weighted by Crippen LogP contribution is -2.24. The van der Waals surface area contributed by atoms with Gasteiger partial charge < -0.3 is 5.32 Å². The molecule has 2 N–H and O–H groups in total. The van der Waals surface area contributed by atoms with Gasteiger partial charge in [-0.2, -0.15) is 0 Å². The van der Waals surface area contributed by atoms with Crippen LogP contribution in [0.5, 0.6) is 0 Å². The smallest absolute Gasteiger partial charge is 0.232 e. The predicted molar refractivity (Wildman–Crippen MR) is 88.6 cm³/mol. The molecule has 0 saturated carbocycles. The van der Waals surface area contributed by atoms with Gasteiger partial charge in [-0.3, -0.25) is 4.72 Å². The van der Waals surface area contributed by atoms with E-state index in [1.165, 1.54) is 12.1 Å². The normalized spacial score (nSPS) is 11.9. The Balaban J connectivity index is 2.55. The van der Waals surface area contributed by atoms with Crippen LogP contribution < -0.4 is 10.0 Å². The molecule has 4 nitrogen and oxygen atoms in total. The molecule has 0 aliphatic rings. The molecular formula is C14H22BrFN2O2S. The summed E-state index contributed by atoms with van der Waals surface area (Å²) in [5.74, 6) is -0.350. The molecular weight excluding hydrogens is 359 g/mol. The second kappa shape index (κ2) is 8.10. The number of hydrogen-bond acceptors (Lipinski definition) is 3. The first kappa shape index (κ1) is 18.4. The maximum atomic E-state index is 13.3. The van der Waals surface area contributed by atoms with Crippen molar-refractivity contribution >= 4 is 31.6 Å². The number of anilines is 1. The summed E-state index contributed by atoms with van der Waals surface area (Å²) in [4.78, 5) is 0. The van der Waals surface area contributed by atoms with Gasteiger partial charge in [0.25, 0.3) is 0 Å². The van der Waals surface area contributed by atoms with Gasteiger partial charge in [0.2, 0.25) is 10.0 Å². The highest BCUT2D eigenvalue weighted by molar-refractivity contribution is 9.10. The van der Waals surface area contributed by atoms with Crippen LogP contribution in [0.2, 0.25) is 0 Å². The number of unbranched alkanes of at least 4 members (excludes halogenated alkanes) is 1. The van der Waals surface area contributed by atoms with E-state index >= 15 is 0 Å². The Labute approximate surface area is 134 Å². The molecule has 0 saturated heterocycles. The van der Waals surface area contributed by atoms with E-state index in [-0.39, 0.29) is 10.2 Å². The fraction of sp³-hybridized carbons (Fsp3) is 0.571. The van der Waals surface area contributed by atoms with Crippen molar-refractivity contribution in [3.63, 3.8) is 0 Å². The molecule has 0 unspecified atom stereocenters. The van der Waals surface area contributed by atoms with E-state index in [1.807, 2.05) is 13.8 Å². The Morgan fingerprint density at radius 3 is 2.57 bits per heavy atom. The molecule has 0 fully saturated rings. The van der Waals surface area contributed by atoms with Crippen LogP contribution in [-0.4, -0.2) is 26.8 Å². The third kappa shape index (κ3) is 6.76. The first-order valence-electron chi connectivity index (χ1n) is 6.91. The monoisotopic (exact) mass is 380 g/mol. The topological polar surface area (TPSA) is 58.2 Å². The zero-order valence-corrected chi connectivity index (χ0v) is 14.9. The molecule has 0 aliphatic carbocycles. The van der Waals surface area contributed by atoms with Crippen LogP contribution in [0.15, 0.2) is 16.6 Å². The Kier molecular flexibility index (Phi) is 7.09. The molecule has 1 aromatic rings. The van der Waals surface area contributed by atoms with Crippen molar-refractivity contribution in [3.05, 3.63) is 28.0 Å². The summed E-state index contributed by atoms with van der Waals surface area (Å²) in [7, 11) is -3.41. The first-order valence-corrected chi connectivity index (χ1v) is 9.35. The molecule has 21 heavy (non-hydrogen) atoms. The molecule has 1 rings (SSSR count). The molecule has 120 valence electrons. The van der Waals surface area contributed by atoms with Crippen LogP contribution in [0.4, 0.5) is 10.1 Å². The van der Waals surface area contributed by atoms with Crippen LogP contribution in [0.1, 0.15) is 32.3 Å². The zero-order valence-electron chi connectivity index (χ0n) is 12.5. The molecule has 7 heteroatoms. The first-order chi connectivity index (χ1) is 9.71. The molecule has 0 aromatic heterocycles. The van der Waals surface area contributed by atoms with E-state index in [2.05, 4.69) is 26.0 Å². The van der Waals surface area contributed by atoms with Crippen molar-refractivity contribution < 1.29 is 12.8 Å². The molecule has 0 amide bonds. The second-order valence-corrected chi connectivity index (χ2v) is 8.01. The van der Waals surface area contributed by atoms with Crippen molar-refractivity contribution in [2.75, 3.05) is 17.0 Å². The molecule has 0 heterocycles. The Morgan fingerprint density at radius 2 is 1.95 bits per heavy atom. The minimum atomic E-state index is -3.41. The number of benzene rings is 1. The highest BCUT2D eigenvalue weighted by Crippen LogP contribution is 2.25. The largest absolute Gasteiger partial charge is 0.315 e. The number of aryl methyl sites for hydroxylation is 1. The van der Waals surface area contributed by atoms with Gasteiger partial charge in [0.15, 0.2) is 0 Å². The number of rotatable bonds is 8. The third-order valence-electron chi connectivity index (χ3n) is 2.93. The van der Waals surface area contributed by atoms with Gasteiger partial charge in [0, 0.05) is 6.04 Å². The standard InChI is InChI=1S/C14H22BrFN2O2S/c1-10(2)17-6-4-5-7-21(19,20)18-14-9-12(15)13(16)8-11(14)3/h8-10,17-18H,4-7H2,1-3H3. The second-order valence-electron chi connectivity index (χ2n) is 5.32. The van der Waals surface area contributed by atoms with Crippen molar-refractivity contribution in [2.45, 2.75) is 39.7 Å². The van der Waals surface area contributed by atoms with Gasteiger partial charge in [0.1, 0.15) is 5.82 Å². The molecule has 0 radical (unpaired) electrons. The van der Waals surface area contributed by atoms with E-state index < -0.39 is 15.8 Å². The SMILES string of the molecule is Cc1cc(F)c(Br)cc1NS(=O)(=O)CCCCNC(C)C. The van der Waals surface area contributed by atoms with Crippen molar-refractivity contribution in [3.8, 4) is 0 Å². The highest BCUT2D eigenvalue weighted by Gasteiger charge is 2.13. The lowest BCUT2D eigenvalue weighted by Gasteiger charge is -2.12. The number of nitrogens with one attached hydrogen (secondary N) is 2. The molecule has 0 bridgehead atoms. The van der Waals surface area contributed by atoms with Crippen molar-refractivity contribution in [1.82, 2.24) is 5.32 Å². The maximum Gasteiger partial charge on any atom is 0.232 e. The van der Waals surface area contributed by atoms with E-state index in [9.17, 15) is 12.8 Å². The average Bonchev–Trinajstić information content (AvgIpc) is 2.34. The van der Waals surface area contributed by atoms with Gasteiger partial charge in [0.05, 0.1) is 15.9 Å². The fourth-order valence-corrected chi connectivity index (χ4v) is 3.37. The van der Waals surface area contributed by atoms with Crippen LogP contribution >= 0.6 is 15.9 Å². The summed E-state index contributed by atoms with van der Waals surface area (Å²) in [5.41, 5.74) is 0.962. The van der Waals surface area contributed by atoms with Crippen LogP contribution in [0, 0.1) is 12.7 Å². The Hall–Kier alpha value is -0.660. The van der Waals surface area contributed by atoms with Crippen LogP contribution in [0.3, 0.4) is 0 Å². The van der Waals surface area contributed by atoms with Crippen LogP contribution in [0.25, 0.3) is 0 Å². The lowest BCUT2D eigenvalue weighted by molar-refractivity contribution is 0.561. The van der Waals surface area contributed by atoms with Gasteiger partial charge >= 0.3 is 0 Å². The highest BCUT2D eigenvalue weighted by atomic mass is 79.9. The van der Waals surface area contributed by atoms with E-state index in [0.29, 0.717) is 23.7 Å². The molecule has 0 aliphatic heterocycles. The zero-order chi connectivity index (χ0) is 16.0. The fourth-order valence-electron chi connectivity index (χ4n) is 1.78. The van der Waals surface area contributed by atoms with Crippen molar-refractivity contribution in [2.24, 2.45) is 0 Å². The predicted octanol–water partition coefficient (Wildman–Crippen LogP) is 3.42. The van der Waals surface area contributed by atoms with E-state index in [1.54, 1.807) is 6.92 Å². The average molecular weight is 381 g/mol. The number of hydrogen-bond donors (Lipinski definition) is 2. The summed E-state index contributed by atoms with van der Waals surface area (Å²) in [6.45, 7) is 6.56. The number of sulfonamides is 1. The summed E-state index contributed by atoms with van der Waals surface area (Å²) < 4.78 is 40.1. The maximum absolute atomic E-state index is 13.3. The summed E-state index contributed by atoms with van der Waals surface area (Å²) in [6.07, 6.45) is 1.38. The Morgan fingerprint density at radius 1 is 1.29 bits per heavy atom. The quantitative estimate of drug-likeness (QED) is 0.679. The molecule has 1 aromatic carbocycles. The van der Waals surface area contributed by atoms with Gasteiger partial charge in [-0.05, 0) is 59.9 Å². The lowest BCUT2D eigenvalue weighted by atomic mass is 10.2. The minimum absolute atomic E-state index is 0.0568. The molecule has 0 spiro atoms. The summed E-state index contributed by atoms with van der Waals surface area (Å²) in [6, 6.07) is 3.15.